The Hall–Kier alpha value is -2.94. The van der Waals surface area contributed by atoms with Crippen molar-refractivity contribution in [1.82, 2.24) is 15.2 Å². The first-order chi connectivity index (χ1) is 15.3. The van der Waals surface area contributed by atoms with E-state index in [-0.39, 0.29) is 23.8 Å². The van der Waals surface area contributed by atoms with E-state index in [0.717, 1.165) is 43.1 Å². The Labute approximate surface area is 193 Å². The third kappa shape index (κ3) is 4.77. The number of anilines is 2. The minimum absolute atomic E-state index is 0.0526. The number of hydrogen-bond acceptors (Lipinski definition) is 7. The van der Waals surface area contributed by atoms with Crippen LogP contribution in [0.25, 0.3) is 11.3 Å². The Bertz CT molecular complexity index is 1010. The van der Waals surface area contributed by atoms with Gasteiger partial charge in [-0.1, -0.05) is 0 Å². The molecule has 2 atom stereocenters. The van der Waals surface area contributed by atoms with Crippen molar-refractivity contribution in [3.8, 4) is 17.0 Å². The van der Waals surface area contributed by atoms with Crippen LogP contribution in [-0.4, -0.2) is 60.5 Å². The van der Waals surface area contributed by atoms with Crippen LogP contribution in [0.2, 0.25) is 0 Å². The average molecular weight is 456 g/mol. The van der Waals surface area contributed by atoms with Crippen molar-refractivity contribution >= 4 is 35.8 Å². The summed E-state index contributed by atoms with van der Waals surface area (Å²) in [6.45, 7) is 7.19. The van der Waals surface area contributed by atoms with E-state index < -0.39 is 0 Å². The first-order valence-electron chi connectivity index (χ1n) is 10.8. The maximum atomic E-state index is 11.5. The van der Waals surface area contributed by atoms with E-state index in [1.54, 1.807) is 6.92 Å². The molecule has 2 aliphatic rings. The van der Waals surface area contributed by atoms with Crippen molar-refractivity contribution in [2.45, 2.75) is 31.3 Å². The van der Waals surface area contributed by atoms with Gasteiger partial charge in [0.15, 0.2) is 0 Å². The van der Waals surface area contributed by atoms with Gasteiger partial charge in [0.05, 0.1) is 22.5 Å². The molecule has 0 aliphatic carbocycles. The van der Waals surface area contributed by atoms with Gasteiger partial charge in [0, 0.05) is 63.2 Å². The second-order valence-electron chi connectivity index (χ2n) is 8.40. The number of benzene rings is 1. The van der Waals surface area contributed by atoms with Crippen molar-refractivity contribution in [1.29, 1.82) is 0 Å². The fraction of sp³-hybridized carbons (Fsp3) is 0.435. The minimum Gasteiger partial charge on any atom is -0.489 e. The number of ether oxygens (including phenoxy) is 1. The maximum Gasteiger partial charge on any atom is 0.220 e. The van der Waals surface area contributed by atoms with E-state index in [2.05, 4.69) is 27.8 Å². The Kier molecular flexibility index (Phi) is 6.45. The van der Waals surface area contributed by atoms with Crippen LogP contribution in [-0.2, 0) is 9.59 Å². The van der Waals surface area contributed by atoms with Crippen LogP contribution in [0.3, 0.4) is 0 Å². The summed E-state index contributed by atoms with van der Waals surface area (Å²) < 4.78 is 6.15. The number of aromatic nitrogens is 1. The van der Waals surface area contributed by atoms with Gasteiger partial charge < -0.3 is 25.6 Å². The molecule has 3 N–H and O–H groups in total. The number of nitrogen functional groups attached to an aromatic ring is 1. The zero-order valence-corrected chi connectivity index (χ0v) is 19.3. The van der Waals surface area contributed by atoms with Gasteiger partial charge >= 0.3 is 0 Å². The topological polar surface area (TPSA) is 101 Å². The fourth-order valence-electron chi connectivity index (χ4n) is 4.15. The Morgan fingerprint density at radius 3 is 2.62 bits per heavy atom. The van der Waals surface area contributed by atoms with E-state index in [0.29, 0.717) is 29.3 Å². The molecule has 3 heterocycles. The molecule has 2 amide bonds. The SMILES string of the molecule is CC(=O)N1CCN(c2ccc(-c3cc(N)c(S)c(O[C@H](C)[C@H]4CNC(=O)C4)c3)nc2)CC1. The summed E-state index contributed by atoms with van der Waals surface area (Å²) in [5.74, 6) is 0.866. The van der Waals surface area contributed by atoms with Crippen molar-refractivity contribution < 1.29 is 14.3 Å². The van der Waals surface area contributed by atoms with Crippen LogP contribution in [0.5, 0.6) is 5.75 Å². The summed E-state index contributed by atoms with van der Waals surface area (Å²) in [6, 6.07) is 7.74. The predicted molar refractivity (Wildman–Crippen MR) is 127 cm³/mol. The molecule has 0 radical (unpaired) electrons. The normalized spacial score (nSPS) is 19.6. The van der Waals surface area contributed by atoms with Crippen molar-refractivity contribution in [2.75, 3.05) is 43.4 Å². The van der Waals surface area contributed by atoms with Crippen LogP contribution in [0, 0.1) is 5.92 Å². The lowest BCUT2D eigenvalue weighted by Crippen LogP contribution is -2.48. The third-order valence-electron chi connectivity index (χ3n) is 6.22. The van der Waals surface area contributed by atoms with Gasteiger partial charge in [-0.05, 0) is 31.2 Å². The summed E-state index contributed by atoms with van der Waals surface area (Å²) >= 11 is 4.53. The molecule has 8 nitrogen and oxygen atoms in total. The van der Waals surface area contributed by atoms with E-state index >= 15 is 0 Å². The number of piperazine rings is 1. The molecule has 0 saturated carbocycles. The predicted octanol–water partition coefficient (Wildman–Crippen LogP) is 2.19. The van der Waals surface area contributed by atoms with Crippen LogP contribution >= 0.6 is 12.6 Å². The van der Waals surface area contributed by atoms with Crippen molar-refractivity contribution in [3.63, 3.8) is 0 Å². The number of pyridine rings is 1. The molecule has 2 aliphatic heterocycles. The summed E-state index contributed by atoms with van der Waals surface area (Å²) in [6.07, 6.45) is 2.16. The van der Waals surface area contributed by atoms with Crippen LogP contribution in [0.4, 0.5) is 11.4 Å². The van der Waals surface area contributed by atoms with Crippen LogP contribution < -0.4 is 20.7 Å². The van der Waals surface area contributed by atoms with Crippen molar-refractivity contribution in [2.24, 2.45) is 5.92 Å². The molecular formula is C23H29N5O3S. The molecule has 0 spiro atoms. The zero-order chi connectivity index (χ0) is 22.8. The average Bonchev–Trinajstić information content (AvgIpc) is 3.23. The van der Waals surface area contributed by atoms with Gasteiger partial charge in [-0.2, -0.15) is 0 Å². The molecule has 170 valence electrons. The van der Waals surface area contributed by atoms with Gasteiger partial charge in [0.1, 0.15) is 11.9 Å². The van der Waals surface area contributed by atoms with E-state index in [4.69, 9.17) is 10.5 Å². The molecule has 0 bridgehead atoms. The smallest absolute Gasteiger partial charge is 0.220 e. The second kappa shape index (κ2) is 9.28. The highest BCUT2D eigenvalue weighted by Gasteiger charge is 2.28. The number of carbonyl (C=O) groups is 2. The van der Waals surface area contributed by atoms with E-state index in [1.807, 2.05) is 42.3 Å². The van der Waals surface area contributed by atoms with Gasteiger partial charge in [-0.3, -0.25) is 14.6 Å². The highest BCUT2D eigenvalue weighted by atomic mass is 32.1. The van der Waals surface area contributed by atoms with Gasteiger partial charge in [-0.15, -0.1) is 12.6 Å². The highest BCUT2D eigenvalue weighted by Crippen LogP contribution is 2.36. The molecule has 9 heteroatoms. The summed E-state index contributed by atoms with van der Waals surface area (Å²) in [5.41, 5.74) is 9.37. The van der Waals surface area contributed by atoms with Gasteiger partial charge in [-0.25, -0.2) is 0 Å². The molecular weight excluding hydrogens is 426 g/mol. The monoisotopic (exact) mass is 455 g/mol. The molecule has 2 aromatic rings. The summed E-state index contributed by atoms with van der Waals surface area (Å²) in [5, 5.41) is 2.84. The largest absolute Gasteiger partial charge is 0.489 e. The number of carbonyl (C=O) groups excluding carboxylic acids is 2. The first-order valence-corrected chi connectivity index (χ1v) is 11.3. The first kappa shape index (κ1) is 22.3. The highest BCUT2D eigenvalue weighted by molar-refractivity contribution is 7.80. The number of nitrogens with zero attached hydrogens (tertiary/aromatic N) is 3. The Morgan fingerprint density at radius 1 is 1.28 bits per heavy atom. The standard InChI is InChI=1S/C23H29N5O3S/c1-14(17-11-22(30)26-12-17)31-21-10-16(9-19(24)23(21)32)20-4-3-18(13-25-20)28-7-5-27(6-8-28)15(2)29/h3-4,9-10,13-14,17,32H,5-8,11-12,24H2,1-2H3,(H,26,30)/t14-,17-/m1/s1. The van der Waals surface area contributed by atoms with Gasteiger partial charge in [0.2, 0.25) is 11.8 Å². The maximum absolute atomic E-state index is 11.5. The molecule has 4 rings (SSSR count). The number of thiol groups is 1. The van der Waals surface area contributed by atoms with Gasteiger partial charge in [0.25, 0.3) is 0 Å². The second-order valence-corrected chi connectivity index (χ2v) is 8.85. The molecule has 32 heavy (non-hydrogen) atoms. The quantitative estimate of drug-likeness (QED) is 0.472. The minimum atomic E-state index is -0.154. The number of nitrogens with one attached hydrogen (secondary N) is 1. The summed E-state index contributed by atoms with van der Waals surface area (Å²) in [4.78, 5) is 32.4. The third-order valence-corrected chi connectivity index (χ3v) is 6.70. The number of nitrogens with two attached hydrogens (primary N) is 1. The number of rotatable bonds is 5. The van der Waals surface area contributed by atoms with E-state index in [1.165, 1.54) is 0 Å². The van der Waals surface area contributed by atoms with Crippen LogP contribution in [0.15, 0.2) is 35.4 Å². The lowest BCUT2D eigenvalue weighted by molar-refractivity contribution is -0.129. The lowest BCUT2D eigenvalue weighted by atomic mass is 10.0. The number of hydrogen-bond donors (Lipinski definition) is 3. The molecule has 2 fully saturated rings. The Morgan fingerprint density at radius 2 is 2.03 bits per heavy atom. The van der Waals surface area contributed by atoms with Crippen molar-refractivity contribution in [3.05, 3.63) is 30.5 Å². The Balaban J connectivity index is 1.48. The fourth-order valence-corrected chi connectivity index (χ4v) is 4.33. The zero-order valence-electron chi connectivity index (χ0n) is 18.4. The molecule has 0 unspecified atom stereocenters. The summed E-state index contributed by atoms with van der Waals surface area (Å²) in [7, 11) is 0. The molecule has 2 saturated heterocycles. The van der Waals surface area contributed by atoms with E-state index in [9.17, 15) is 9.59 Å². The molecule has 1 aromatic carbocycles. The van der Waals surface area contributed by atoms with Crippen LogP contribution in [0.1, 0.15) is 20.3 Å². The number of amides is 2. The molecule has 1 aromatic heterocycles. The lowest BCUT2D eigenvalue weighted by Gasteiger charge is -2.35.